The zero-order chi connectivity index (χ0) is 25.9. The molecule has 1 saturated heterocycles. The third kappa shape index (κ3) is 6.86. The van der Waals surface area contributed by atoms with Gasteiger partial charge in [-0.05, 0) is 49.5 Å². The number of aliphatic hydroxyl groups excluding tert-OH is 1. The molecule has 35 heavy (non-hydrogen) atoms. The highest BCUT2D eigenvalue weighted by atomic mass is 35.5. The van der Waals surface area contributed by atoms with Crippen molar-refractivity contribution < 1.29 is 27.5 Å². The maximum Gasteiger partial charge on any atom is 0.419 e. The summed E-state index contributed by atoms with van der Waals surface area (Å²) in [6.07, 6.45) is -4.76. The van der Waals surface area contributed by atoms with E-state index in [2.05, 4.69) is 0 Å². The van der Waals surface area contributed by atoms with Gasteiger partial charge in [-0.15, -0.1) is 0 Å². The Bertz CT molecular complexity index is 1050. The van der Waals surface area contributed by atoms with Crippen LogP contribution in [0.25, 0.3) is 0 Å². The van der Waals surface area contributed by atoms with Crippen LogP contribution in [-0.2, 0) is 17.5 Å². The SMILES string of the molecule is CN(CCO)CC(=O)N1CC(c2ccc(Cl)c(Cl)c2)C(N(C)Cc2ccc(C(F)(F)F)c(F)c2)C1. The highest BCUT2D eigenvalue weighted by Gasteiger charge is 2.39. The second-order valence-corrected chi connectivity index (χ2v) is 9.65. The summed E-state index contributed by atoms with van der Waals surface area (Å²) in [5.74, 6) is -1.58. The molecule has 1 aliphatic rings. The summed E-state index contributed by atoms with van der Waals surface area (Å²) in [6, 6.07) is 7.97. The normalized spacial score (nSPS) is 18.7. The monoisotopic (exact) mass is 535 g/mol. The quantitative estimate of drug-likeness (QED) is 0.505. The van der Waals surface area contributed by atoms with Crippen LogP contribution in [0.3, 0.4) is 0 Å². The summed E-state index contributed by atoms with van der Waals surface area (Å²) in [5, 5.41) is 9.88. The third-order valence-corrected chi connectivity index (χ3v) is 6.98. The van der Waals surface area contributed by atoms with Gasteiger partial charge in [-0.3, -0.25) is 14.6 Å². The minimum atomic E-state index is -4.76. The van der Waals surface area contributed by atoms with Crippen LogP contribution >= 0.6 is 23.2 Å². The van der Waals surface area contributed by atoms with Gasteiger partial charge in [0.1, 0.15) is 5.82 Å². The molecule has 0 bridgehead atoms. The van der Waals surface area contributed by atoms with E-state index in [-0.39, 0.29) is 37.6 Å². The Labute approximate surface area is 211 Å². The van der Waals surface area contributed by atoms with Crippen LogP contribution in [-0.4, -0.2) is 78.6 Å². The molecule has 2 aromatic carbocycles. The first-order valence-corrected chi connectivity index (χ1v) is 11.7. The Hall–Kier alpha value is -1.91. The molecule has 1 fully saturated rings. The molecule has 5 nitrogen and oxygen atoms in total. The van der Waals surface area contributed by atoms with Crippen LogP contribution in [0.1, 0.15) is 22.6 Å². The summed E-state index contributed by atoms with van der Waals surface area (Å²) >= 11 is 12.3. The zero-order valence-electron chi connectivity index (χ0n) is 19.3. The molecule has 1 N–H and O–H groups in total. The van der Waals surface area contributed by atoms with E-state index in [0.29, 0.717) is 35.2 Å². The molecule has 0 spiro atoms. The fourth-order valence-corrected chi connectivity index (χ4v) is 4.69. The van der Waals surface area contributed by atoms with Crippen molar-refractivity contribution in [2.75, 3.05) is 46.9 Å². The Kier molecular flexibility index (Phi) is 9.04. The topological polar surface area (TPSA) is 47.0 Å². The molecule has 0 aromatic heterocycles. The lowest BCUT2D eigenvalue weighted by Crippen LogP contribution is -2.41. The number of benzene rings is 2. The van der Waals surface area contributed by atoms with E-state index in [1.807, 2.05) is 11.0 Å². The molecular weight excluding hydrogens is 509 g/mol. The number of hydrogen-bond donors (Lipinski definition) is 1. The molecule has 2 aromatic rings. The van der Waals surface area contributed by atoms with E-state index in [4.69, 9.17) is 28.3 Å². The average molecular weight is 536 g/mol. The maximum atomic E-state index is 14.1. The molecule has 1 amide bonds. The van der Waals surface area contributed by atoms with Crippen molar-refractivity contribution in [2.45, 2.75) is 24.7 Å². The van der Waals surface area contributed by atoms with Gasteiger partial charge in [0.15, 0.2) is 0 Å². The molecule has 2 atom stereocenters. The summed E-state index contributed by atoms with van der Waals surface area (Å²) in [4.78, 5) is 18.3. The summed E-state index contributed by atoms with van der Waals surface area (Å²) in [7, 11) is 3.53. The second kappa shape index (κ2) is 11.4. The summed E-state index contributed by atoms with van der Waals surface area (Å²) in [5.41, 5.74) is -0.0468. The first-order valence-electron chi connectivity index (χ1n) is 11.0. The number of likely N-dealkylation sites (N-methyl/N-ethyl adjacent to an activating group) is 2. The van der Waals surface area contributed by atoms with Crippen LogP contribution in [0.5, 0.6) is 0 Å². The van der Waals surface area contributed by atoms with Crippen LogP contribution in [0.2, 0.25) is 10.0 Å². The van der Waals surface area contributed by atoms with Gasteiger partial charge in [0.05, 0.1) is 28.8 Å². The Balaban J connectivity index is 1.83. The van der Waals surface area contributed by atoms with Crippen molar-refractivity contribution in [3.63, 3.8) is 0 Å². The smallest absolute Gasteiger partial charge is 0.395 e. The average Bonchev–Trinajstić information content (AvgIpc) is 3.21. The second-order valence-electron chi connectivity index (χ2n) is 8.83. The molecule has 1 aliphatic heterocycles. The highest BCUT2D eigenvalue weighted by molar-refractivity contribution is 6.42. The van der Waals surface area contributed by atoms with E-state index in [1.54, 1.807) is 36.0 Å². The number of likely N-dealkylation sites (tertiary alicyclic amines) is 1. The molecule has 0 radical (unpaired) electrons. The lowest BCUT2D eigenvalue weighted by molar-refractivity contribution is -0.140. The van der Waals surface area contributed by atoms with Crippen molar-refractivity contribution in [3.8, 4) is 0 Å². The van der Waals surface area contributed by atoms with Gasteiger partial charge in [-0.1, -0.05) is 35.3 Å². The number of aliphatic hydroxyl groups is 1. The van der Waals surface area contributed by atoms with Crippen LogP contribution < -0.4 is 0 Å². The van der Waals surface area contributed by atoms with Gasteiger partial charge >= 0.3 is 6.18 Å². The molecule has 2 unspecified atom stereocenters. The Morgan fingerprint density at radius 3 is 2.43 bits per heavy atom. The van der Waals surface area contributed by atoms with Gasteiger partial charge in [0.25, 0.3) is 0 Å². The van der Waals surface area contributed by atoms with Crippen molar-refractivity contribution >= 4 is 29.1 Å². The molecule has 3 rings (SSSR count). The van der Waals surface area contributed by atoms with E-state index in [1.165, 1.54) is 6.07 Å². The summed E-state index contributed by atoms with van der Waals surface area (Å²) in [6.45, 7) is 1.39. The number of rotatable bonds is 8. The van der Waals surface area contributed by atoms with E-state index in [9.17, 15) is 22.4 Å². The Morgan fingerprint density at radius 2 is 1.83 bits per heavy atom. The first-order chi connectivity index (χ1) is 16.4. The zero-order valence-corrected chi connectivity index (χ0v) is 20.8. The van der Waals surface area contributed by atoms with Crippen molar-refractivity contribution in [1.82, 2.24) is 14.7 Å². The highest BCUT2D eigenvalue weighted by Crippen LogP contribution is 2.35. The van der Waals surface area contributed by atoms with Crippen molar-refractivity contribution in [2.24, 2.45) is 0 Å². The number of nitrogens with zero attached hydrogens (tertiary/aromatic N) is 3. The van der Waals surface area contributed by atoms with Gasteiger partial charge in [-0.2, -0.15) is 13.2 Å². The van der Waals surface area contributed by atoms with E-state index >= 15 is 0 Å². The Morgan fingerprint density at radius 1 is 1.11 bits per heavy atom. The predicted octanol–water partition coefficient (Wildman–Crippen LogP) is 4.50. The first kappa shape index (κ1) is 27.7. The van der Waals surface area contributed by atoms with Gasteiger partial charge in [0.2, 0.25) is 5.91 Å². The van der Waals surface area contributed by atoms with Gasteiger partial charge < -0.3 is 10.0 Å². The van der Waals surface area contributed by atoms with E-state index < -0.39 is 17.6 Å². The maximum absolute atomic E-state index is 14.1. The molecule has 0 saturated carbocycles. The number of hydrogen-bond acceptors (Lipinski definition) is 4. The molecular formula is C24H27Cl2F4N3O2. The minimum absolute atomic E-state index is 0.0648. The van der Waals surface area contributed by atoms with Crippen LogP contribution in [0.4, 0.5) is 17.6 Å². The number of alkyl halides is 3. The van der Waals surface area contributed by atoms with Crippen molar-refractivity contribution in [3.05, 3.63) is 69.0 Å². The molecule has 1 heterocycles. The summed E-state index contributed by atoms with van der Waals surface area (Å²) < 4.78 is 52.9. The fourth-order valence-electron chi connectivity index (χ4n) is 4.38. The standard InChI is InChI=1S/C24H27Cl2F4N3O2/c1-31(7-8-34)14-23(35)33-12-17(16-4-6-19(25)20(26)10-16)22(13-33)32(2)11-15-3-5-18(21(27)9-15)24(28,29)30/h3-6,9-10,17,22,34H,7-8,11-14H2,1-2H3. The number of carbonyl (C=O) groups excluding carboxylic acids is 1. The molecule has 192 valence electrons. The number of amides is 1. The van der Waals surface area contributed by atoms with Crippen LogP contribution in [0, 0.1) is 5.82 Å². The minimum Gasteiger partial charge on any atom is -0.395 e. The predicted molar refractivity (Wildman–Crippen MR) is 127 cm³/mol. The lowest BCUT2D eigenvalue weighted by atomic mass is 9.93. The van der Waals surface area contributed by atoms with Gasteiger partial charge in [-0.25, -0.2) is 4.39 Å². The van der Waals surface area contributed by atoms with Crippen LogP contribution in [0.15, 0.2) is 36.4 Å². The number of halogens is 6. The molecule has 0 aliphatic carbocycles. The molecule has 11 heteroatoms. The van der Waals surface area contributed by atoms with Gasteiger partial charge in [0, 0.05) is 38.1 Å². The fraction of sp³-hybridized carbons (Fsp3) is 0.458. The van der Waals surface area contributed by atoms with Crippen molar-refractivity contribution in [1.29, 1.82) is 0 Å². The lowest BCUT2D eigenvalue weighted by Gasteiger charge is -2.29. The van der Waals surface area contributed by atoms with E-state index in [0.717, 1.165) is 17.7 Å². The number of carbonyl (C=O) groups is 1. The largest absolute Gasteiger partial charge is 0.419 e. The third-order valence-electron chi connectivity index (χ3n) is 6.24.